The van der Waals surface area contributed by atoms with Gasteiger partial charge < -0.3 is 9.80 Å². The van der Waals surface area contributed by atoms with Gasteiger partial charge in [-0.2, -0.15) is 0 Å². The van der Waals surface area contributed by atoms with Gasteiger partial charge in [0.1, 0.15) is 0 Å². The summed E-state index contributed by atoms with van der Waals surface area (Å²) in [6.07, 6.45) is 17.7. The summed E-state index contributed by atoms with van der Waals surface area (Å²) in [6.45, 7) is 4.76. The molecule has 4 amide bonds. The van der Waals surface area contributed by atoms with E-state index in [1.54, 1.807) is 0 Å². The Bertz CT molecular complexity index is 574. The number of nitrogens with zero attached hydrogens (tertiary/aromatic N) is 4. The fourth-order valence-corrected chi connectivity index (χ4v) is 5.29. The lowest BCUT2D eigenvalue weighted by Gasteiger charge is -2.41. The number of urea groups is 2. The molecule has 4 rings (SSSR count). The molecule has 0 atom stereocenters. The number of carbonyl (C=O) groups excluding carboxylic acids is 2. The lowest BCUT2D eigenvalue weighted by molar-refractivity contribution is 0.00740. The molecule has 4 aliphatic rings. The molecule has 0 aromatic heterocycles. The monoisotopic (exact) mass is 432 g/mol. The Morgan fingerprint density at radius 3 is 1.26 bits per heavy atom. The number of hydrazine groups is 1. The Morgan fingerprint density at radius 2 is 0.935 bits per heavy atom. The van der Waals surface area contributed by atoms with E-state index < -0.39 is 0 Å². The van der Waals surface area contributed by atoms with E-state index >= 15 is 0 Å². The standard InChI is InChI=1S/C25H44N4O2/c30-24(26-16-5-1-2-6-17-26)28(20-14-22-10-9-11-22)29(21-15-23-12-13-23)25(31)27-18-7-3-4-8-19-27/h22-23H,1-21H2. The second-order valence-corrected chi connectivity index (χ2v) is 10.4. The molecule has 0 aromatic carbocycles. The van der Waals surface area contributed by atoms with Crippen molar-refractivity contribution >= 4 is 12.1 Å². The third kappa shape index (κ3) is 6.52. The first-order chi connectivity index (χ1) is 15.2. The van der Waals surface area contributed by atoms with Gasteiger partial charge in [-0.15, -0.1) is 0 Å². The molecule has 4 fully saturated rings. The van der Waals surface area contributed by atoms with Crippen molar-refractivity contribution in [2.24, 2.45) is 11.8 Å². The van der Waals surface area contributed by atoms with E-state index in [9.17, 15) is 9.59 Å². The molecule has 6 heteroatoms. The van der Waals surface area contributed by atoms with Crippen LogP contribution in [0.15, 0.2) is 0 Å². The number of hydrogen-bond acceptors (Lipinski definition) is 2. The summed E-state index contributed by atoms with van der Waals surface area (Å²) < 4.78 is 0. The summed E-state index contributed by atoms with van der Waals surface area (Å²) in [5, 5.41) is 3.77. The van der Waals surface area contributed by atoms with Crippen LogP contribution in [0.5, 0.6) is 0 Å². The predicted molar refractivity (Wildman–Crippen MR) is 124 cm³/mol. The molecule has 2 heterocycles. The highest BCUT2D eigenvalue weighted by Gasteiger charge is 2.35. The van der Waals surface area contributed by atoms with Crippen molar-refractivity contribution in [3.63, 3.8) is 0 Å². The molecule has 2 aliphatic heterocycles. The summed E-state index contributed by atoms with van der Waals surface area (Å²) in [7, 11) is 0. The third-order valence-corrected chi connectivity index (χ3v) is 7.91. The van der Waals surface area contributed by atoms with Gasteiger partial charge in [0.05, 0.1) is 0 Å². The fourth-order valence-electron chi connectivity index (χ4n) is 5.29. The van der Waals surface area contributed by atoms with Crippen LogP contribution in [0.2, 0.25) is 0 Å². The molecule has 0 unspecified atom stereocenters. The van der Waals surface area contributed by atoms with E-state index in [4.69, 9.17) is 0 Å². The van der Waals surface area contributed by atoms with Crippen molar-refractivity contribution in [3.8, 4) is 0 Å². The first-order valence-electron chi connectivity index (χ1n) is 13.3. The molecular formula is C25H44N4O2. The SMILES string of the molecule is O=C(N1CCCCCC1)N(CCC1CCC1)N(CCC1CC1)C(=O)N1CCCCCC1. The molecule has 0 aromatic rings. The van der Waals surface area contributed by atoms with Crippen LogP contribution < -0.4 is 0 Å². The average molecular weight is 433 g/mol. The fraction of sp³-hybridized carbons (Fsp3) is 0.920. The van der Waals surface area contributed by atoms with Crippen LogP contribution in [0, 0.1) is 11.8 Å². The van der Waals surface area contributed by atoms with E-state index in [-0.39, 0.29) is 12.1 Å². The number of carbonyl (C=O) groups is 2. The van der Waals surface area contributed by atoms with Crippen molar-refractivity contribution in [2.75, 3.05) is 39.3 Å². The van der Waals surface area contributed by atoms with E-state index in [0.29, 0.717) is 13.1 Å². The topological polar surface area (TPSA) is 47.1 Å². The Labute approximate surface area is 189 Å². The molecule has 2 saturated carbocycles. The molecule has 2 saturated heterocycles. The Kier molecular flexibility index (Phi) is 8.37. The van der Waals surface area contributed by atoms with Crippen molar-refractivity contribution in [3.05, 3.63) is 0 Å². The number of hydrogen-bond donors (Lipinski definition) is 0. The van der Waals surface area contributed by atoms with Gasteiger partial charge in [0.15, 0.2) is 0 Å². The van der Waals surface area contributed by atoms with Crippen molar-refractivity contribution in [1.29, 1.82) is 0 Å². The maximum Gasteiger partial charge on any atom is 0.338 e. The second-order valence-electron chi connectivity index (χ2n) is 10.4. The average Bonchev–Trinajstić information content (AvgIpc) is 3.59. The summed E-state index contributed by atoms with van der Waals surface area (Å²) in [6, 6.07) is 0.166. The van der Waals surface area contributed by atoms with Crippen LogP contribution in [-0.4, -0.2) is 71.1 Å². The lowest BCUT2D eigenvalue weighted by atomic mass is 9.83. The molecular weight excluding hydrogens is 388 g/mol. The summed E-state index contributed by atoms with van der Waals surface area (Å²) in [4.78, 5) is 31.6. The van der Waals surface area contributed by atoms with Gasteiger partial charge in [0, 0.05) is 39.3 Å². The van der Waals surface area contributed by atoms with Crippen LogP contribution in [0.25, 0.3) is 0 Å². The first kappa shape index (κ1) is 22.7. The Morgan fingerprint density at radius 1 is 0.548 bits per heavy atom. The van der Waals surface area contributed by atoms with Crippen LogP contribution in [0.4, 0.5) is 9.59 Å². The minimum atomic E-state index is 0.0827. The van der Waals surface area contributed by atoms with Crippen molar-refractivity contribution < 1.29 is 9.59 Å². The summed E-state index contributed by atoms with van der Waals surface area (Å²) >= 11 is 0. The van der Waals surface area contributed by atoms with E-state index in [1.165, 1.54) is 57.8 Å². The predicted octanol–water partition coefficient (Wildman–Crippen LogP) is 5.49. The van der Waals surface area contributed by atoms with E-state index in [2.05, 4.69) is 0 Å². The van der Waals surface area contributed by atoms with Crippen LogP contribution in [0.1, 0.15) is 96.3 Å². The first-order valence-corrected chi connectivity index (χ1v) is 13.3. The largest absolute Gasteiger partial charge is 0.338 e. The minimum Gasteiger partial charge on any atom is -0.323 e. The summed E-state index contributed by atoms with van der Waals surface area (Å²) in [5.74, 6) is 1.49. The molecule has 31 heavy (non-hydrogen) atoms. The highest BCUT2D eigenvalue weighted by molar-refractivity contribution is 5.80. The quantitative estimate of drug-likeness (QED) is 0.521. The van der Waals surface area contributed by atoms with Crippen LogP contribution in [0.3, 0.4) is 0 Å². The van der Waals surface area contributed by atoms with Gasteiger partial charge in [-0.3, -0.25) is 0 Å². The van der Waals surface area contributed by atoms with Gasteiger partial charge in [0.2, 0.25) is 0 Å². The normalized spacial score (nSPS) is 23.0. The van der Waals surface area contributed by atoms with Crippen molar-refractivity contribution in [2.45, 2.75) is 96.3 Å². The number of rotatable bonds is 6. The van der Waals surface area contributed by atoms with Gasteiger partial charge in [-0.05, 0) is 50.4 Å². The summed E-state index contributed by atoms with van der Waals surface area (Å²) in [5.41, 5.74) is 0. The van der Waals surface area contributed by atoms with Crippen LogP contribution in [-0.2, 0) is 0 Å². The molecule has 0 N–H and O–H groups in total. The zero-order valence-corrected chi connectivity index (χ0v) is 19.6. The minimum absolute atomic E-state index is 0.0827. The van der Waals surface area contributed by atoms with E-state index in [1.807, 2.05) is 19.8 Å². The maximum atomic E-state index is 13.8. The highest BCUT2D eigenvalue weighted by atomic mass is 16.2. The lowest BCUT2D eigenvalue weighted by Crippen LogP contribution is -2.58. The Hall–Kier alpha value is -1.46. The smallest absolute Gasteiger partial charge is 0.323 e. The second kappa shape index (κ2) is 11.4. The highest BCUT2D eigenvalue weighted by Crippen LogP contribution is 2.33. The molecule has 0 radical (unpaired) electrons. The Balaban J connectivity index is 1.50. The van der Waals surface area contributed by atoms with Gasteiger partial charge >= 0.3 is 12.1 Å². The molecule has 0 spiro atoms. The van der Waals surface area contributed by atoms with E-state index in [0.717, 1.165) is 76.5 Å². The maximum absolute atomic E-state index is 13.8. The molecule has 2 aliphatic carbocycles. The van der Waals surface area contributed by atoms with Crippen molar-refractivity contribution in [1.82, 2.24) is 19.8 Å². The number of likely N-dealkylation sites (tertiary alicyclic amines) is 2. The van der Waals surface area contributed by atoms with Crippen LogP contribution >= 0.6 is 0 Å². The van der Waals surface area contributed by atoms with Gasteiger partial charge in [-0.1, -0.05) is 57.8 Å². The zero-order valence-electron chi connectivity index (χ0n) is 19.6. The number of amides is 4. The van der Waals surface area contributed by atoms with Gasteiger partial charge in [0.25, 0.3) is 0 Å². The molecule has 176 valence electrons. The molecule has 6 nitrogen and oxygen atoms in total. The molecule has 0 bridgehead atoms. The third-order valence-electron chi connectivity index (χ3n) is 7.91. The van der Waals surface area contributed by atoms with Gasteiger partial charge in [-0.25, -0.2) is 19.6 Å². The zero-order chi connectivity index (χ0) is 21.5.